The molecule has 0 saturated carbocycles. The van der Waals surface area contributed by atoms with Gasteiger partial charge in [0.1, 0.15) is 5.82 Å². The van der Waals surface area contributed by atoms with Crippen molar-refractivity contribution >= 4 is 5.57 Å². The van der Waals surface area contributed by atoms with Crippen LogP contribution in [0, 0.1) is 0 Å². The van der Waals surface area contributed by atoms with E-state index in [0.717, 1.165) is 95.7 Å². The Bertz CT molecular complexity index is 4160. The van der Waals surface area contributed by atoms with Crippen molar-refractivity contribution in [2.24, 2.45) is 0 Å². The van der Waals surface area contributed by atoms with Gasteiger partial charge < -0.3 is 0 Å². The van der Waals surface area contributed by atoms with Crippen LogP contribution >= 0.6 is 0 Å². The Morgan fingerprint density at radius 2 is 0.500 bits per heavy atom. The molecular formula is C72H50N6. The van der Waals surface area contributed by atoms with E-state index in [9.17, 15) is 0 Å². The van der Waals surface area contributed by atoms with Gasteiger partial charge in [0.05, 0.1) is 0 Å². The molecule has 2 aromatic heterocycles. The minimum Gasteiger partial charge on any atom is -0.212 e. The molecule has 1 atom stereocenters. The summed E-state index contributed by atoms with van der Waals surface area (Å²) in [6.07, 6.45) is 7.33. The van der Waals surface area contributed by atoms with Gasteiger partial charge in [-0.15, -0.1) is 0 Å². The second kappa shape index (κ2) is 21.5. The first-order valence-corrected chi connectivity index (χ1v) is 26.3. The van der Waals surface area contributed by atoms with E-state index in [1.807, 2.05) is 48.5 Å². The van der Waals surface area contributed by atoms with Crippen molar-refractivity contribution in [3.05, 3.63) is 297 Å². The van der Waals surface area contributed by atoms with Crippen LogP contribution in [0.1, 0.15) is 23.7 Å². The molecule has 13 rings (SSSR count). The standard InChI is InChI=1S/C72H50N6/c1-5-19-49(20-6-1)52-39-41-54(42-40-52)68-75-70(64-36-16-28-56(46-64)51-23-9-3-10-24-51)78-72(76-68)66-38-18-34-62(48-66)60-32-14-30-58(44-60)57-29-13-31-59(43-57)61-33-17-37-65(47-61)71-74-67(53-25-11-4-12-26-53)73-69(77-71)63-35-15-27-55(45-63)50-21-7-2-8-22-50/h1-47,66H,48H2. The van der Waals surface area contributed by atoms with Gasteiger partial charge in [0.25, 0.3) is 0 Å². The molecular weight excluding hydrogens is 949 g/mol. The van der Waals surface area contributed by atoms with Crippen LogP contribution in [-0.4, -0.2) is 29.9 Å². The average Bonchev–Trinajstić information content (AvgIpc) is 3.54. The molecule has 1 unspecified atom stereocenters. The number of aromatic nitrogens is 6. The van der Waals surface area contributed by atoms with Crippen LogP contribution in [-0.2, 0) is 0 Å². The zero-order chi connectivity index (χ0) is 52.0. The second-order valence-corrected chi connectivity index (χ2v) is 19.5. The quantitative estimate of drug-likeness (QED) is 0.121. The molecule has 10 aromatic carbocycles. The lowest BCUT2D eigenvalue weighted by Gasteiger charge is -2.20. The fraction of sp³-hybridized carbons (Fsp3) is 0.0278. The van der Waals surface area contributed by atoms with Crippen LogP contribution < -0.4 is 0 Å². The SMILES string of the molecule is C1=CC(c2nc(-c3ccc(-c4ccccc4)cc3)nc(-c3cccc(-c4ccccc4)c3)n2)CC(c2cccc(-c3cccc(-c4cccc(-c5nc(-c6ccccc6)nc(-c6cccc(-c7ccccc7)c6)n5)c4)c3)c2)=C1. The number of benzene rings is 10. The maximum Gasteiger partial charge on any atom is 0.164 e. The summed E-state index contributed by atoms with van der Waals surface area (Å²) in [4.78, 5) is 30.9. The molecule has 78 heavy (non-hydrogen) atoms. The normalized spacial score (nSPS) is 13.0. The van der Waals surface area contributed by atoms with Gasteiger partial charge in [-0.2, -0.15) is 0 Å². The molecule has 1 aliphatic rings. The van der Waals surface area contributed by atoms with Crippen molar-refractivity contribution in [3.63, 3.8) is 0 Å². The van der Waals surface area contributed by atoms with Gasteiger partial charge in [0.15, 0.2) is 29.1 Å². The fourth-order valence-electron chi connectivity index (χ4n) is 10.2. The number of allylic oxidation sites excluding steroid dienone is 4. The number of rotatable bonds is 12. The Hall–Kier alpha value is -10.3. The molecule has 1 aliphatic carbocycles. The van der Waals surface area contributed by atoms with E-state index in [-0.39, 0.29) is 5.92 Å². The van der Waals surface area contributed by atoms with E-state index in [2.05, 4.69) is 237 Å². The zero-order valence-electron chi connectivity index (χ0n) is 42.6. The highest BCUT2D eigenvalue weighted by Gasteiger charge is 2.22. The third kappa shape index (κ3) is 10.3. The Balaban J connectivity index is 0.795. The van der Waals surface area contributed by atoms with Gasteiger partial charge in [0.2, 0.25) is 0 Å². The lowest BCUT2D eigenvalue weighted by atomic mass is 9.88. The summed E-state index contributed by atoms with van der Waals surface area (Å²) >= 11 is 0. The first-order chi connectivity index (χ1) is 38.6. The molecule has 0 amide bonds. The fourth-order valence-corrected chi connectivity index (χ4v) is 10.2. The Kier molecular flexibility index (Phi) is 13.1. The third-order valence-corrected chi connectivity index (χ3v) is 14.3. The highest BCUT2D eigenvalue weighted by Crippen LogP contribution is 2.38. The average molecular weight is 999 g/mol. The molecule has 12 aromatic rings. The summed E-state index contributed by atoms with van der Waals surface area (Å²) in [5.41, 5.74) is 18.2. The lowest BCUT2D eigenvalue weighted by Crippen LogP contribution is -2.09. The molecule has 0 radical (unpaired) electrons. The van der Waals surface area contributed by atoms with Crippen LogP contribution in [0.4, 0.5) is 0 Å². The zero-order valence-corrected chi connectivity index (χ0v) is 42.6. The summed E-state index contributed by atoms with van der Waals surface area (Å²) in [6.45, 7) is 0. The highest BCUT2D eigenvalue weighted by molar-refractivity contribution is 5.80. The van der Waals surface area contributed by atoms with Gasteiger partial charge in [-0.25, -0.2) is 29.9 Å². The Morgan fingerprint density at radius 3 is 0.949 bits per heavy atom. The monoisotopic (exact) mass is 998 g/mol. The van der Waals surface area contributed by atoms with Crippen molar-refractivity contribution in [3.8, 4) is 113 Å². The van der Waals surface area contributed by atoms with E-state index < -0.39 is 0 Å². The van der Waals surface area contributed by atoms with Crippen LogP contribution in [0.5, 0.6) is 0 Å². The molecule has 0 aliphatic heterocycles. The first kappa shape index (κ1) is 47.4. The smallest absolute Gasteiger partial charge is 0.164 e. The number of hydrogen-bond donors (Lipinski definition) is 0. The number of hydrogen-bond acceptors (Lipinski definition) is 6. The molecule has 0 saturated heterocycles. The predicted molar refractivity (Wildman–Crippen MR) is 318 cm³/mol. The van der Waals surface area contributed by atoms with Crippen LogP contribution in [0.3, 0.4) is 0 Å². The van der Waals surface area contributed by atoms with Crippen LogP contribution in [0.2, 0.25) is 0 Å². The summed E-state index contributed by atoms with van der Waals surface area (Å²) in [6, 6.07) is 92.9. The summed E-state index contributed by atoms with van der Waals surface area (Å²) in [5.74, 6) is 3.82. The molecule has 0 spiro atoms. The summed E-state index contributed by atoms with van der Waals surface area (Å²) in [5, 5.41) is 0. The van der Waals surface area contributed by atoms with Crippen molar-refractivity contribution < 1.29 is 0 Å². The van der Waals surface area contributed by atoms with E-state index in [1.165, 1.54) is 11.1 Å². The van der Waals surface area contributed by atoms with Crippen LogP contribution in [0.15, 0.2) is 285 Å². The minimum absolute atomic E-state index is 0.0747. The largest absolute Gasteiger partial charge is 0.212 e. The van der Waals surface area contributed by atoms with Crippen molar-refractivity contribution in [1.29, 1.82) is 0 Å². The maximum absolute atomic E-state index is 5.25. The van der Waals surface area contributed by atoms with E-state index in [4.69, 9.17) is 29.9 Å². The second-order valence-electron chi connectivity index (χ2n) is 19.5. The molecule has 368 valence electrons. The minimum atomic E-state index is -0.0747. The summed E-state index contributed by atoms with van der Waals surface area (Å²) < 4.78 is 0. The van der Waals surface area contributed by atoms with Crippen molar-refractivity contribution in [1.82, 2.24) is 29.9 Å². The Morgan fingerprint density at radius 1 is 0.231 bits per heavy atom. The van der Waals surface area contributed by atoms with Crippen molar-refractivity contribution in [2.75, 3.05) is 0 Å². The van der Waals surface area contributed by atoms with Crippen molar-refractivity contribution in [2.45, 2.75) is 12.3 Å². The molecule has 0 N–H and O–H groups in total. The highest BCUT2D eigenvalue weighted by atomic mass is 15.0. The summed E-state index contributed by atoms with van der Waals surface area (Å²) in [7, 11) is 0. The van der Waals surface area contributed by atoms with Gasteiger partial charge in [-0.3, -0.25) is 0 Å². The van der Waals surface area contributed by atoms with Gasteiger partial charge >= 0.3 is 0 Å². The first-order valence-electron chi connectivity index (χ1n) is 26.3. The van der Waals surface area contributed by atoms with Gasteiger partial charge in [-0.1, -0.05) is 255 Å². The molecule has 6 nitrogen and oxygen atoms in total. The third-order valence-electron chi connectivity index (χ3n) is 14.3. The lowest BCUT2D eigenvalue weighted by molar-refractivity contribution is 0.773. The Labute approximate surface area is 454 Å². The van der Waals surface area contributed by atoms with Gasteiger partial charge in [-0.05, 0) is 104 Å². The predicted octanol–water partition coefficient (Wildman–Crippen LogP) is 17.9. The molecule has 2 heterocycles. The van der Waals surface area contributed by atoms with E-state index >= 15 is 0 Å². The van der Waals surface area contributed by atoms with Gasteiger partial charge in [0, 0.05) is 33.7 Å². The number of nitrogens with zero attached hydrogens (tertiary/aromatic N) is 6. The van der Waals surface area contributed by atoms with E-state index in [0.29, 0.717) is 29.1 Å². The molecule has 0 fully saturated rings. The molecule has 6 heteroatoms. The topological polar surface area (TPSA) is 77.3 Å². The maximum atomic E-state index is 5.25. The van der Waals surface area contributed by atoms with Crippen LogP contribution in [0.25, 0.3) is 118 Å². The molecule has 0 bridgehead atoms. The van der Waals surface area contributed by atoms with E-state index in [1.54, 1.807) is 0 Å².